The summed E-state index contributed by atoms with van der Waals surface area (Å²) in [5.74, 6) is 1.41. The van der Waals surface area contributed by atoms with Crippen molar-refractivity contribution in [2.45, 2.75) is 32.9 Å². The van der Waals surface area contributed by atoms with Gasteiger partial charge >= 0.3 is 0 Å². The highest BCUT2D eigenvalue weighted by molar-refractivity contribution is 14.0. The molecule has 1 saturated heterocycles. The van der Waals surface area contributed by atoms with Gasteiger partial charge < -0.3 is 25.0 Å². The Morgan fingerprint density at radius 2 is 2.14 bits per heavy atom. The zero-order valence-electron chi connectivity index (χ0n) is 17.6. The summed E-state index contributed by atoms with van der Waals surface area (Å²) in [6.45, 7) is 9.14. The molecule has 1 aliphatic rings. The summed E-state index contributed by atoms with van der Waals surface area (Å²) in [6, 6.07) is 8.71. The van der Waals surface area contributed by atoms with E-state index in [1.807, 2.05) is 0 Å². The first kappa shape index (κ1) is 25.1. The van der Waals surface area contributed by atoms with Crippen molar-refractivity contribution in [3.8, 4) is 0 Å². The Balaban J connectivity index is 0.00000392. The number of rotatable bonds is 11. The molecule has 1 aromatic carbocycles. The second-order valence-corrected chi connectivity index (χ2v) is 7.16. The van der Waals surface area contributed by atoms with Crippen LogP contribution in [0.4, 0.5) is 0 Å². The minimum absolute atomic E-state index is 0. The van der Waals surface area contributed by atoms with Crippen LogP contribution >= 0.6 is 24.0 Å². The van der Waals surface area contributed by atoms with E-state index in [1.165, 1.54) is 11.1 Å². The largest absolute Gasteiger partial charge is 0.381 e. The van der Waals surface area contributed by atoms with Gasteiger partial charge in [0.05, 0.1) is 13.2 Å². The SMILES string of the molecule is CCN(C)Cc1cccc(CNC(=NC)NCCCOCC2CCOC2)c1.I. The molecule has 0 saturated carbocycles. The average molecular weight is 504 g/mol. The van der Waals surface area contributed by atoms with Crippen molar-refractivity contribution in [1.82, 2.24) is 15.5 Å². The molecular formula is C21H37IN4O2. The van der Waals surface area contributed by atoms with E-state index >= 15 is 0 Å². The van der Waals surface area contributed by atoms with Crippen LogP contribution in [-0.4, -0.2) is 64.5 Å². The maximum atomic E-state index is 5.73. The second-order valence-electron chi connectivity index (χ2n) is 7.16. The molecule has 0 bridgehead atoms. The smallest absolute Gasteiger partial charge is 0.191 e. The lowest BCUT2D eigenvalue weighted by Crippen LogP contribution is -2.37. The van der Waals surface area contributed by atoms with Crippen LogP contribution in [-0.2, 0) is 22.6 Å². The topological polar surface area (TPSA) is 58.1 Å². The number of benzene rings is 1. The van der Waals surface area contributed by atoms with Crippen molar-refractivity contribution in [2.75, 3.05) is 53.6 Å². The molecule has 0 radical (unpaired) electrons. The van der Waals surface area contributed by atoms with Gasteiger partial charge in [0.25, 0.3) is 0 Å². The van der Waals surface area contributed by atoms with Crippen LogP contribution in [0, 0.1) is 5.92 Å². The molecule has 28 heavy (non-hydrogen) atoms. The number of guanidine groups is 1. The van der Waals surface area contributed by atoms with E-state index in [2.05, 4.69) is 58.8 Å². The standard InChI is InChI=1S/C21H36N4O2.HI/c1-4-25(3)15-19-8-5-7-18(13-19)14-24-21(22-2)23-10-6-11-26-16-20-9-12-27-17-20;/h5,7-8,13,20H,4,6,9-12,14-17H2,1-3H3,(H2,22,23,24);1H. The van der Waals surface area contributed by atoms with Crippen LogP contribution in [0.25, 0.3) is 0 Å². The normalized spacial score (nSPS) is 16.9. The molecule has 0 aliphatic carbocycles. The third-order valence-electron chi connectivity index (χ3n) is 4.80. The van der Waals surface area contributed by atoms with Crippen LogP contribution in [0.5, 0.6) is 0 Å². The highest BCUT2D eigenvalue weighted by Gasteiger charge is 2.15. The number of aliphatic imine (C=N–C) groups is 1. The highest BCUT2D eigenvalue weighted by Crippen LogP contribution is 2.12. The predicted octanol–water partition coefficient (Wildman–Crippen LogP) is 2.86. The van der Waals surface area contributed by atoms with Gasteiger partial charge in [-0.2, -0.15) is 0 Å². The Morgan fingerprint density at radius 3 is 2.86 bits per heavy atom. The molecule has 0 aromatic heterocycles. The number of hydrogen-bond donors (Lipinski definition) is 2. The van der Waals surface area contributed by atoms with Crippen molar-refractivity contribution >= 4 is 29.9 Å². The van der Waals surface area contributed by atoms with Crippen molar-refractivity contribution in [3.63, 3.8) is 0 Å². The lowest BCUT2D eigenvalue weighted by Gasteiger charge is -2.15. The lowest BCUT2D eigenvalue weighted by molar-refractivity contribution is 0.0888. The maximum absolute atomic E-state index is 5.73. The summed E-state index contributed by atoms with van der Waals surface area (Å²) in [5, 5.41) is 6.73. The predicted molar refractivity (Wildman–Crippen MR) is 126 cm³/mol. The molecule has 1 heterocycles. The van der Waals surface area contributed by atoms with E-state index in [0.717, 1.165) is 71.4 Å². The van der Waals surface area contributed by atoms with Crippen molar-refractivity contribution in [3.05, 3.63) is 35.4 Å². The van der Waals surface area contributed by atoms with Crippen LogP contribution in [0.15, 0.2) is 29.3 Å². The van der Waals surface area contributed by atoms with Crippen molar-refractivity contribution < 1.29 is 9.47 Å². The van der Waals surface area contributed by atoms with Gasteiger partial charge in [-0.25, -0.2) is 0 Å². The van der Waals surface area contributed by atoms with Crippen LogP contribution in [0.3, 0.4) is 0 Å². The average Bonchev–Trinajstić information content (AvgIpc) is 3.20. The van der Waals surface area contributed by atoms with Crippen molar-refractivity contribution in [1.29, 1.82) is 0 Å². The zero-order valence-corrected chi connectivity index (χ0v) is 19.9. The van der Waals surface area contributed by atoms with Gasteiger partial charge in [-0.05, 0) is 37.6 Å². The van der Waals surface area contributed by atoms with Crippen molar-refractivity contribution in [2.24, 2.45) is 10.9 Å². The molecule has 6 nitrogen and oxygen atoms in total. The molecule has 1 aromatic rings. The van der Waals surface area contributed by atoms with Gasteiger partial charge in [-0.15, -0.1) is 24.0 Å². The fraction of sp³-hybridized carbons (Fsp3) is 0.667. The number of halogens is 1. The quantitative estimate of drug-likeness (QED) is 0.210. The maximum Gasteiger partial charge on any atom is 0.191 e. The Bertz CT molecular complexity index is 565. The molecule has 7 heteroatoms. The molecule has 1 aliphatic heterocycles. The van der Waals surface area contributed by atoms with Gasteiger partial charge in [-0.1, -0.05) is 31.2 Å². The fourth-order valence-electron chi connectivity index (χ4n) is 3.01. The summed E-state index contributed by atoms with van der Waals surface area (Å²) in [7, 11) is 3.94. The molecule has 2 N–H and O–H groups in total. The summed E-state index contributed by atoms with van der Waals surface area (Å²) in [5.41, 5.74) is 2.61. The fourth-order valence-corrected chi connectivity index (χ4v) is 3.01. The minimum Gasteiger partial charge on any atom is -0.381 e. The van der Waals surface area contributed by atoms with E-state index in [4.69, 9.17) is 9.47 Å². The van der Waals surface area contributed by atoms with Gasteiger partial charge in [-0.3, -0.25) is 4.99 Å². The Labute approximate surface area is 187 Å². The summed E-state index contributed by atoms with van der Waals surface area (Å²) in [4.78, 5) is 6.60. The highest BCUT2D eigenvalue weighted by atomic mass is 127. The molecule has 0 amide bonds. The molecule has 2 rings (SSSR count). The van der Waals surface area contributed by atoms with Crippen LogP contribution in [0.2, 0.25) is 0 Å². The third-order valence-corrected chi connectivity index (χ3v) is 4.80. The number of ether oxygens (including phenoxy) is 2. The molecule has 0 spiro atoms. The first-order valence-electron chi connectivity index (χ1n) is 10.1. The monoisotopic (exact) mass is 504 g/mol. The molecule has 1 unspecified atom stereocenters. The summed E-state index contributed by atoms with van der Waals surface area (Å²) in [6.07, 6.45) is 2.10. The summed E-state index contributed by atoms with van der Waals surface area (Å²) < 4.78 is 11.1. The first-order chi connectivity index (χ1) is 13.2. The third kappa shape index (κ3) is 10.0. The molecular weight excluding hydrogens is 467 g/mol. The molecule has 1 fully saturated rings. The van der Waals surface area contributed by atoms with Gasteiger partial charge in [0.2, 0.25) is 0 Å². The number of nitrogens with zero attached hydrogens (tertiary/aromatic N) is 2. The Kier molecular flexibility index (Phi) is 13.5. The Hall–Kier alpha value is -0.900. The van der Waals surface area contributed by atoms with Crippen LogP contribution in [0.1, 0.15) is 30.9 Å². The van der Waals surface area contributed by atoms with E-state index in [-0.39, 0.29) is 24.0 Å². The summed E-state index contributed by atoms with van der Waals surface area (Å²) >= 11 is 0. The Morgan fingerprint density at radius 1 is 1.32 bits per heavy atom. The second kappa shape index (κ2) is 15.0. The van der Waals surface area contributed by atoms with Gasteiger partial charge in [0, 0.05) is 45.8 Å². The van der Waals surface area contributed by atoms with Crippen LogP contribution < -0.4 is 10.6 Å². The van der Waals surface area contributed by atoms with Gasteiger partial charge in [0.15, 0.2) is 5.96 Å². The number of nitrogens with one attached hydrogen (secondary N) is 2. The molecule has 160 valence electrons. The zero-order chi connectivity index (χ0) is 19.3. The first-order valence-corrected chi connectivity index (χ1v) is 10.1. The lowest BCUT2D eigenvalue weighted by atomic mass is 10.1. The van der Waals surface area contributed by atoms with E-state index in [1.54, 1.807) is 7.05 Å². The number of hydrogen-bond acceptors (Lipinski definition) is 4. The molecule has 1 atom stereocenters. The van der Waals surface area contributed by atoms with Gasteiger partial charge in [0.1, 0.15) is 0 Å². The van der Waals surface area contributed by atoms with E-state index in [9.17, 15) is 0 Å². The minimum atomic E-state index is 0. The van der Waals surface area contributed by atoms with E-state index < -0.39 is 0 Å². The van der Waals surface area contributed by atoms with E-state index in [0.29, 0.717) is 5.92 Å².